The van der Waals surface area contributed by atoms with E-state index in [2.05, 4.69) is 9.97 Å². The van der Waals surface area contributed by atoms with Gasteiger partial charge in [0, 0.05) is 11.6 Å². The van der Waals surface area contributed by atoms with Crippen LogP contribution in [0.2, 0.25) is 5.15 Å². The second kappa shape index (κ2) is 2.50. The Hall–Kier alpha value is -1.53. The molecule has 58 valence electrons. The van der Waals surface area contributed by atoms with Crippen molar-refractivity contribution in [2.75, 3.05) is 0 Å². The van der Waals surface area contributed by atoms with Crippen molar-refractivity contribution in [2.24, 2.45) is 0 Å². The number of hydrogen-bond donors (Lipinski definition) is 1. The molecule has 0 saturated heterocycles. The van der Waals surface area contributed by atoms with E-state index in [-0.39, 0.29) is 5.15 Å². The zero-order chi connectivity index (χ0) is 8.55. The van der Waals surface area contributed by atoms with Crippen molar-refractivity contribution in [3.8, 4) is 6.07 Å². The number of H-pyrrole nitrogens is 1. The van der Waals surface area contributed by atoms with Gasteiger partial charge in [-0.15, -0.1) is 0 Å². The van der Waals surface area contributed by atoms with Gasteiger partial charge in [0.05, 0.1) is 5.56 Å². The summed E-state index contributed by atoms with van der Waals surface area (Å²) in [4.78, 5) is 6.90. The summed E-state index contributed by atoms with van der Waals surface area (Å²) in [6, 6.07) is 5.53. The zero-order valence-corrected chi connectivity index (χ0v) is 6.76. The Morgan fingerprint density at radius 1 is 1.58 bits per heavy atom. The summed E-state index contributed by atoms with van der Waals surface area (Å²) in [5, 5.41) is 9.77. The van der Waals surface area contributed by atoms with E-state index in [0.717, 1.165) is 5.39 Å². The van der Waals surface area contributed by atoms with Gasteiger partial charge >= 0.3 is 0 Å². The Morgan fingerprint density at radius 2 is 2.42 bits per heavy atom. The topological polar surface area (TPSA) is 52.5 Å². The maximum atomic E-state index is 8.63. The SMILES string of the molecule is N#Cc1cc2cc[nH]c2nc1Cl. The standard InChI is InChI=1S/C8H4ClN3/c9-7-6(4-10)3-5-1-2-11-8(5)12-7/h1-3H,(H,11,12). The van der Waals surface area contributed by atoms with Crippen molar-refractivity contribution < 1.29 is 0 Å². The molecule has 3 nitrogen and oxygen atoms in total. The van der Waals surface area contributed by atoms with Crippen LogP contribution < -0.4 is 0 Å². The molecule has 0 saturated carbocycles. The summed E-state index contributed by atoms with van der Waals surface area (Å²) in [5.41, 5.74) is 1.11. The number of aromatic nitrogens is 2. The van der Waals surface area contributed by atoms with Gasteiger partial charge in [-0.25, -0.2) is 4.98 Å². The van der Waals surface area contributed by atoms with Gasteiger partial charge in [0.1, 0.15) is 16.9 Å². The Bertz CT molecular complexity index is 467. The van der Waals surface area contributed by atoms with Crippen LogP contribution in [0.25, 0.3) is 11.0 Å². The second-order valence-electron chi connectivity index (χ2n) is 2.35. The fraction of sp³-hybridized carbons (Fsp3) is 0. The molecule has 1 N–H and O–H groups in total. The molecule has 0 amide bonds. The minimum absolute atomic E-state index is 0.243. The lowest BCUT2D eigenvalue weighted by atomic mass is 10.2. The van der Waals surface area contributed by atoms with E-state index in [1.807, 2.05) is 12.1 Å². The van der Waals surface area contributed by atoms with Crippen LogP contribution in [0.1, 0.15) is 5.56 Å². The van der Waals surface area contributed by atoms with Crippen molar-refractivity contribution >= 4 is 22.6 Å². The summed E-state index contributed by atoms with van der Waals surface area (Å²) in [5.74, 6) is 0. The minimum atomic E-state index is 0.243. The summed E-state index contributed by atoms with van der Waals surface area (Å²) >= 11 is 5.71. The molecular weight excluding hydrogens is 174 g/mol. The first kappa shape index (κ1) is 7.14. The average Bonchev–Trinajstić information content (AvgIpc) is 2.49. The minimum Gasteiger partial charge on any atom is -0.346 e. The summed E-state index contributed by atoms with van der Waals surface area (Å²) in [7, 11) is 0. The van der Waals surface area contributed by atoms with Crippen LogP contribution in [0.3, 0.4) is 0 Å². The van der Waals surface area contributed by atoms with Crippen LogP contribution in [0.15, 0.2) is 18.3 Å². The van der Waals surface area contributed by atoms with Crippen molar-refractivity contribution in [1.29, 1.82) is 5.26 Å². The maximum Gasteiger partial charge on any atom is 0.149 e. The van der Waals surface area contributed by atoms with E-state index in [1.54, 1.807) is 12.3 Å². The molecule has 0 unspecified atom stereocenters. The van der Waals surface area contributed by atoms with Crippen LogP contribution in [0.5, 0.6) is 0 Å². The summed E-state index contributed by atoms with van der Waals surface area (Å²) in [6.07, 6.45) is 1.76. The molecular formula is C8H4ClN3. The highest BCUT2D eigenvalue weighted by Crippen LogP contribution is 2.18. The number of nitrogens with one attached hydrogen (secondary N) is 1. The van der Waals surface area contributed by atoms with Crippen LogP contribution >= 0.6 is 11.6 Å². The third-order valence-electron chi connectivity index (χ3n) is 1.61. The van der Waals surface area contributed by atoms with Crippen LogP contribution in [-0.4, -0.2) is 9.97 Å². The predicted molar refractivity (Wildman–Crippen MR) is 45.8 cm³/mol. The Labute approximate surface area is 73.6 Å². The summed E-state index contributed by atoms with van der Waals surface area (Å²) < 4.78 is 0. The van der Waals surface area contributed by atoms with Crippen LogP contribution in [0, 0.1) is 11.3 Å². The van der Waals surface area contributed by atoms with E-state index in [9.17, 15) is 0 Å². The highest BCUT2D eigenvalue weighted by Gasteiger charge is 2.03. The van der Waals surface area contributed by atoms with Gasteiger partial charge in [-0.05, 0) is 12.1 Å². The number of pyridine rings is 1. The zero-order valence-electron chi connectivity index (χ0n) is 6.00. The fourth-order valence-electron chi connectivity index (χ4n) is 1.04. The van der Waals surface area contributed by atoms with Gasteiger partial charge in [0.15, 0.2) is 0 Å². The van der Waals surface area contributed by atoms with E-state index in [0.29, 0.717) is 11.2 Å². The third-order valence-corrected chi connectivity index (χ3v) is 1.90. The smallest absolute Gasteiger partial charge is 0.149 e. The molecule has 0 fully saturated rings. The molecule has 4 heteroatoms. The van der Waals surface area contributed by atoms with Gasteiger partial charge in [-0.3, -0.25) is 0 Å². The monoisotopic (exact) mass is 177 g/mol. The third kappa shape index (κ3) is 0.936. The van der Waals surface area contributed by atoms with Gasteiger partial charge in [0.2, 0.25) is 0 Å². The van der Waals surface area contributed by atoms with Gasteiger partial charge in [0.25, 0.3) is 0 Å². The van der Waals surface area contributed by atoms with Crippen molar-refractivity contribution in [1.82, 2.24) is 9.97 Å². The molecule has 0 aliphatic heterocycles. The molecule has 12 heavy (non-hydrogen) atoms. The lowest BCUT2D eigenvalue weighted by Gasteiger charge is -1.93. The van der Waals surface area contributed by atoms with Crippen molar-refractivity contribution in [2.45, 2.75) is 0 Å². The molecule has 2 heterocycles. The normalized spacial score (nSPS) is 10.0. The van der Waals surface area contributed by atoms with Gasteiger partial charge in [-0.1, -0.05) is 11.6 Å². The first-order valence-electron chi connectivity index (χ1n) is 3.35. The number of nitrogens with zero attached hydrogens (tertiary/aromatic N) is 2. The molecule has 0 aliphatic carbocycles. The first-order valence-corrected chi connectivity index (χ1v) is 3.73. The van der Waals surface area contributed by atoms with Crippen molar-refractivity contribution in [3.63, 3.8) is 0 Å². The van der Waals surface area contributed by atoms with Crippen molar-refractivity contribution in [3.05, 3.63) is 29.0 Å². The number of fused-ring (bicyclic) bond motifs is 1. The predicted octanol–water partition coefficient (Wildman–Crippen LogP) is 2.09. The molecule has 0 aliphatic rings. The molecule has 0 aromatic carbocycles. The van der Waals surface area contributed by atoms with Gasteiger partial charge < -0.3 is 4.98 Å². The lowest BCUT2D eigenvalue weighted by molar-refractivity contribution is 1.31. The Balaban J connectivity index is 2.84. The molecule has 2 aromatic heterocycles. The largest absolute Gasteiger partial charge is 0.346 e. The summed E-state index contributed by atoms with van der Waals surface area (Å²) in [6.45, 7) is 0. The van der Waals surface area contributed by atoms with E-state index in [1.165, 1.54) is 0 Å². The van der Waals surface area contributed by atoms with E-state index in [4.69, 9.17) is 16.9 Å². The highest BCUT2D eigenvalue weighted by atomic mass is 35.5. The van der Waals surface area contributed by atoms with E-state index < -0.39 is 0 Å². The number of rotatable bonds is 0. The van der Waals surface area contributed by atoms with Crippen LogP contribution in [-0.2, 0) is 0 Å². The number of halogens is 1. The number of nitriles is 1. The van der Waals surface area contributed by atoms with Gasteiger partial charge in [-0.2, -0.15) is 5.26 Å². The number of hydrogen-bond acceptors (Lipinski definition) is 2. The Morgan fingerprint density at radius 3 is 3.17 bits per heavy atom. The van der Waals surface area contributed by atoms with Crippen LogP contribution in [0.4, 0.5) is 0 Å². The maximum absolute atomic E-state index is 8.63. The molecule has 0 spiro atoms. The fourth-order valence-corrected chi connectivity index (χ4v) is 1.22. The molecule has 0 bridgehead atoms. The number of aromatic amines is 1. The second-order valence-corrected chi connectivity index (χ2v) is 2.71. The average molecular weight is 178 g/mol. The molecule has 2 aromatic rings. The highest BCUT2D eigenvalue weighted by molar-refractivity contribution is 6.30. The molecule has 2 rings (SSSR count). The Kier molecular flexibility index (Phi) is 1.49. The lowest BCUT2D eigenvalue weighted by Crippen LogP contribution is -1.82. The van der Waals surface area contributed by atoms with E-state index >= 15 is 0 Å². The first-order chi connectivity index (χ1) is 5.81. The molecule has 0 radical (unpaired) electrons. The molecule has 0 atom stereocenters. The quantitative estimate of drug-likeness (QED) is 0.627.